The maximum Gasteiger partial charge on any atom is 0.337 e. The quantitative estimate of drug-likeness (QED) is 0.611. The monoisotopic (exact) mass is 396 g/mol. The highest BCUT2D eigenvalue weighted by Gasteiger charge is 2.25. The van der Waals surface area contributed by atoms with Crippen molar-refractivity contribution in [2.45, 2.75) is 26.3 Å². The number of quaternary nitrogens is 1. The number of halogens is 1. The van der Waals surface area contributed by atoms with Gasteiger partial charge in [0, 0.05) is 16.5 Å². The molecule has 0 bridgehead atoms. The smallest absolute Gasteiger partial charge is 0.337 e. The maximum atomic E-state index is 12.0. The van der Waals surface area contributed by atoms with Crippen LogP contribution in [0.3, 0.4) is 0 Å². The first-order valence-corrected chi connectivity index (χ1v) is 8.87. The van der Waals surface area contributed by atoms with Crippen LogP contribution in [0, 0.1) is 0 Å². The standard InChI is InChI=1S/C17H22BrN3O3/c1-3-14(11-5-7-12(18)8-6-11)19-10-15-13(16(22)24-4-2)9-20-17(23)21-15/h5-8,14,19H,3-4,9-10H2,1-2H3,(H2,20,21,23)/p+1/t14-/m1/s1. The van der Waals surface area contributed by atoms with Crippen LogP contribution in [0.2, 0.25) is 0 Å². The van der Waals surface area contributed by atoms with Gasteiger partial charge in [-0.05, 0) is 19.1 Å². The van der Waals surface area contributed by atoms with Crippen LogP contribution in [0.1, 0.15) is 31.9 Å². The molecule has 1 atom stereocenters. The van der Waals surface area contributed by atoms with Crippen molar-refractivity contribution in [3.8, 4) is 0 Å². The number of hydrogen-bond acceptors (Lipinski definition) is 3. The van der Waals surface area contributed by atoms with Gasteiger partial charge in [-0.1, -0.05) is 35.0 Å². The lowest BCUT2D eigenvalue weighted by Crippen LogP contribution is -2.86. The van der Waals surface area contributed by atoms with E-state index >= 15 is 0 Å². The largest absolute Gasteiger partial charge is 0.463 e. The molecular weight excluding hydrogens is 374 g/mol. The minimum Gasteiger partial charge on any atom is -0.463 e. The van der Waals surface area contributed by atoms with Crippen LogP contribution in [0.5, 0.6) is 0 Å². The minimum atomic E-state index is -0.384. The summed E-state index contributed by atoms with van der Waals surface area (Å²) >= 11 is 3.44. The van der Waals surface area contributed by atoms with Crippen molar-refractivity contribution in [3.05, 3.63) is 45.6 Å². The average molecular weight is 397 g/mol. The van der Waals surface area contributed by atoms with E-state index in [-0.39, 0.29) is 24.6 Å². The van der Waals surface area contributed by atoms with Gasteiger partial charge in [0.05, 0.1) is 24.4 Å². The van der Waals surface area contributed by atoms with E-state index in [4.69, 9.17) is 4.74 Å². The summed E-state index contributed by atoms with van der Waals surface area (Å²) in [6.07, 6.45) is 0.940. The molecule has 0 fully saturated rings. The van der Waals surface area contributed by atoms with E-state index in [1.807, 2.05) is 12.1 Å². The van der Waals surface area contributed by atoms with Gasteiger partial charge < -0.3 is 20.7 Å². The third-order valence-electron chi connectivity index (χ3n) is 3.92. The van der Waals surface area contributed by atoms with Crippen LogP contribution in [0.25, 0.3) is 0 Å². The molecule has 4 N–H and O–H groups in total. The Morgan fingerprint density at radius 1 is 1.33 bits per heavy atom. The number of carbonyl (C=O) groups excluding carboxylic acids is 2. The number of nitrogens with one attached hydrogen (secondary N) is 2. The normalized spacial score (nSPS) is 15.5. The lowest BCUT2D eigenvalue weighted by atomic mass is 10.0. The molecule has 0 aromatic heterocycles. The zero-order valence-electron chi connectivity index (χ0n) is 13.9. The molecule has 2 rings (SSSR count). The molecule has 0 spiro atoms. The van der Waals surface area contributed by atoms with Gasteiger partial charge in [0.1, 0.15) is 12.6 Å². The molecule has 0 unspecified atom stereocenters. The molecule has 1 aliphatic rings. The summed E-state index contributed by atoms with van der Waals surface area (Å²) < 4.78 is 6.11. The second-order valence-corrected chi connectivity index (χ2v) is 6.41. The Balaban J connectivity index is 2.11. The number of benzene rings is 1. The molecule has 0 saturated carbocycles. The average Bonchev–Trinajstić information content (AvgIpc) is 2.57. The van der Waals surface area contributed by atoms with Crippen molar-refractivity contribution in [1.82, 2.24) is 10.6 Å². The predicted octanol–water partition coefficient (Wildman–Crippen LogP) is 1.59. The summed E-state index contributed by atoms with van der Waals surface area (Å²) in [6, 6.07) is 8.15. The summed E-state index contributed by atoms with van der Waals surface area (Å²) in [5.74, 6) is -0.384. The number of urea groups is 1. The molecule has 1 heterocycles. The third-order valence-corrected chi connectivity index (χ3v) is 4.45. The van der Waals surface area contributed by atoms with Crippen LogP contribution in [0.15, 0.2) is 40.0 Å². The van der Waals surface area contributed by atoms with Crippen molar-refractivity contribution >= 4 is 27.9 Å². The summed E-state index contributed by atoms with van der Waals surface area (Å²) in [5.41, 5.74) is 2.31. The van der Waals surface area contributed by atoms with Gasteiger partial charge in [0.2, 0.25) is 0 Å². The van der Waals surface area contributed by atoms with E-state index in [0.717, 1.165) is 10.9 Å². The van der Waals surface area contributed by atoms with Gasteiger partial charge in [-0.15, -0.1) is 0 Å². The molecule has 0 saturated heterocycles. The van der Waals surface area contributed by atoms with E-state index in [1.165, 1.54) is 5.56 Å². The number of rotatable bonds is 7. The zero-order chi connectivity index (χ0) is 17.5. The van der Waals surface area contributed by atoms with Crippen molar-refractivity contribution in [3.63, 3.8) is 0 Å². The third kappa shape index (κ3) is 4.82. The Hall–Kier alpha value is -1.86. The first-order chi connectivity index (χ1) is 11.5. The zero-order valence-corrected chi connectivity index (χ0v) is 15.5. The molecule has 130 valence electrons. The van der Waals surface area contributed by atoms with Crippen LogP contribution in [-0.2, 0) is 9.53 Å². The second kappa shape index (κ2) is 8.84. The lowest BCUT2D eigenvalue weighted by Gasteiger charge is -2.22. The molecule has 24 heavy (non-hydrogen) atoms. The lowest BCUT2D eigenvalue weighted by molar-refractivity contribution is -0.690. The van der Waals surface area contributed by atoms with Crippen molar-refractivity contribution in [2.24, 2.45) is 0 Å². The van der Waals surface area contributed by atoms with Crippen molar-refractivity contribution in [2.75, 3.05) is 19.7 Å². The van der Waals surface area contributed by atoms with Gasteiger partial charge in [-0.2, -0.15) is 0 Å². The topological polar surface area (TPSA) is 84.0 Å². The van der Waals surface area contributed by atoms with E-state index in [2.05, 4.69) is 50.9 Å². The minimum absolute atomic E-state index is 0.197. The Morgan fingerprint density at radius 3 is 2.67 bits per heavy atom. The molecule has 1 aromatic carbocycles. The van der Waals surface area contributed by atoms with Gasteiger partial charge in [-0.3, -0.25) is 0 Å². The van der Waals surface area contributed by atoms with Gasteiger partial charge >= 0.3 is 12.0 Å². The van der Waals surface area contributed by atoms with E-state index in [9.17, 15) is 9.59 Å². The molecule has 2 amide bonds. The van der Waals surface area contributed by atoms with Crippen LogP contribution in [-0.4, -0.2) is 31.7 Å². The maximum absolute atomic E-state index is 12.0. The Bertz CT molecular complexity index is 628. The fourth-order valence-corrected chi connectivity index (χ4v) is 2.89. The van der Waals surface area contributed by atoms with Crippen LogP contribution in [0.4, 0.5) is 4.79 Å². The fraction of sp³-hybridized carbons (Fsp3) is 0.412. The molecule has 1 aliphatic heterocycles. The Kier molecular flexibility index (Phi) is 6.81. The second-order valence-electron chi connectivity index (χ2n) is 5.49. The molecule has 1 aromatic rings. The number of carbonyl (C=O) groups is 2. The highest BCUT2D eigenvalue weighted by molar-refractivity contribution is 9.10. The van der Waals surface area contributed by atoms with Crippen molar-refractivity contribution < 1.29 is 19.6 Å². The molecule has 0 radical (unpaired) electrons. The van der Waals surface area contributed by atoms with Gasteiger partial charge in [-0.25, -0.2) is 9.59 Å². The number of hydrogen-bond donors (Lipinski definition) is 3. The molecular formula is C17H23BrN3O3+. The molecule has 7 heteroatoms. The number of amides is 2. The summed E-state index contributed by atoms with van der Waals surface area (Å²) in [5, 5.41) is 7.48. The number of nitrogens with two attached hydrogens (primary N) is 1. The Labute approximate surface area is 150 Å². The summed E-state index contributed by atoms with van der Waals surface area (Å²) in [6.45, 7) is 4.90. The Morgan fingerprint density at radius 2 is 2.04 bits per heavy atom. The predicted molar refractivity (Wildman–Crippen MR) is 94.2 cm³/mol. The van der Waals surface area contributed by atoms with E-state index in [1.54, 1.807) is 6.92 Å². The van der Waals surface area contributed by atoms with Gasteiger partial charge in [0.15, 0.2) is 0 Å². The molecule has 6 nitrogen and oxygen atoms in total. The number of ether oxygens (including phenoxy) is 1. The summed E-state index contributed by atoms with van der Waals surface area (Å²) in [7, 11) is 0. The van der Waals surface area contributed by atoms with E-state index < -0.39 is 0 Å². The van der Waals surface area contributed by atoms with Gasteiger partial charge in [0.25, 0.3) is 0 Å². The summed E-state index contributed by atoms with van der Waals surface area (Å²) in [4.78, 5) is 23.6. The first kappa shape index (κ1) is 18.5. The molecule has 0 aliphatic carbocycles. The van der Waals surface area contributed by atoms with Crippen LogP contribution < -0.4 is 16.0 Å². The van der Waals surface area contributed by atoms with E-state index in [0.29, 0.717) is 24.4 Å². The highest BCUT2D eigenvalue weighted by Crippen LogP contribution is 2.16. The SMILES string of the molecule is CCOC(=O)C1=C(C[NH2+][C@H](CC)c2ccc(Br)cc2)NC(=O)NC1. The number of esters is 1. The fourth-order valence-electron chi connectivity index (χ4n) is 2.63. The highest BCUT2D eigenvalue weighted by atomic mass is 79.9. The van der Waals surface area contributed by atoms with Crippen LogP contribution >= 0.6 is 15.9 Å². The first-order valence-electron chi connectivity index (χ1n) is 8.07. The van der Waals surface area contributed by atoms with Crippen molar-refractivity contribution in [1.29, 1.82) is 0 Å².